The summed E-state index contributed by atoms with van der Waals surface area (Å²) in [6.07, 6.45) is 1.54. The lowest BCUT2D eigenvalue weighted by Gasteiger charge is -2.11. The van der Waals surface area contributed by atoms with Gasteiger partial charge in [0.05, 0.1) is 5.69 Å². The van der Waals surface area contributed by atoms with E-state index in [2.05, 4.69) is 23.3 Å². The van der Waals surface area contributed by atoms with Gasteiger partial charge in [-0.1, -0.05) is 43.4 Å². The van der Waals surface area contributed by atoms with E-state index in [1.807, 2.05) is 26.0 Å². The monoisotopic (exact) mass is 290 g/mol. The molecule has 0 bridgehead atoms. The van der Waals surface area contributed by atoms with Gasteiger partial charge in [-0.25, -0.2) is 9.78 Å². The van der Waals surface area contributed by atoms with Gasteiger partial charge in [-0.15, -0.1) is 0 Å². The lowest BCUT2D eigenvalue weighted by Crippen LogP contribution is -1.98. The van der Waals surface area contributed by atoms with Gasteiger partial charge in [0.15, 0.2) is 5.13 Å². The molecule has 106 valence electrons. The maximum absolute atomic E-state index is 11.2. The van der Waals surface area contributed by atoms with E-state index in [1.54, 1.807) is 0 Å². The average molecular weight is 290 g/mol. The van der Waals surface area contributed by atoms with Crippen molar-refractivity contribution >= 4 is 28.1 Å². The first-order valence-electron chi connectivity index (χ1n) is 6.65. The van der Waals surface area contributed by atoms with Crippen LogP contribution >= 0.6 is 11.3 Å². The molecule has 20 heavy (non-hydrogen) atoms. The number of anilines is 2. The molecule has 1 aromatic carbocycles. The summed E-state index contributed by atoms with van der Waals surface area (Å²) in [5.74, 6) is -0.909. The number of hydrogen-bond acceptors (Lipinski definition) is 4. The molecule has 4 nitrogen and oxygen atoms in total. The summed E-state index contributed by atoms with van der Waals surface area (Å²) >= 11 is 1.19. The SMILES string of the molecule is CCc1cccc(C)c1Nc1nc(CC)c(C(=O)O)s1. The predicted octanol–water partition coefficient (Wildman–Crippen LogP) is 4.02. The number of nitrogens with one attached hydrogen (secondary N) is 1. The number of carbonyl (C=O) groups is 1. The van der Waals surface area contributed by atoms with E-state index in [0.29, 0.717) is 22.1 Å². The van der Waals surface area contributed by atoms with Crippen molar-refractivity contribution < 1.29 is 9.90 Å². The highest BCUT2D eigenvalue weighted by atomic mass is 32.1. The molecule has 0 amide bonds. The van der Waals surface area contributed by atoms with Gasteiger partial charge in [0.25, 0.3) is 0 Å². The van der Waals surface area contributed by atoms with Gasteiger partial charge < -0.3 is 10.4 Å². The van der Waals surface area contributed by atoms with Crippen LogP contribution in [0.1, 0.15) is 40.3 Å². The Morgan fingerprint density at radius 2 is 2.10 bits per heavy atom. The van der Waals surface area contributed by atoms with Crippen LogP contribution in [0.4, 0.5) is 10.8 Å². The molecule has 0 aliphatic carbocycles. The fourth-order valence-electron chi connectivity index (χ4n) is 2.12. The third kappa shape index (κ3) is 2.82. The number of aromatic nitrogens is 1. The Morgan fingerprint density at radius 1 is 1.35 bits per heavy atom. The van der Waals surface area contributed by atoms with Crippen molar-refractivity contribution in [3.63, 3.8) is 0 Å². The zero-order chi connectivity index (χ0) is 14.7. The molecule has 0 fully saturated rings. The lowest BCUT2D eigenvalue weighted by molar-refractivity contribution is 0.0701. The lowest BCUT2D eigenvalue weighted by atomic mass is 10.1. The van der Waals surface area contributed by atoms with Crippen LogP contribution in [-0.2, 0) is 12.8 Å². The van der Waals surface area contributed by atoms with E-state index in [-0.39, 0.29) is 0 Å². The number of para-hydroxylation sites is 1. The number of thiazole rings is 1. The van der Waals surface area contributed by atoms with Gasteiger partial charge in [-0.05, 0) is 30.9 Å². The maximum Gasteiger partial charge on any atom is 0.347 e. The maximum atomic E-state index is 11.2. The highest BCUT2D eigenvalue weighted by Crippen LogP contribution is 2.30. The Bertz CT molecular complexity index is 635. The molecule has 1 heterocycles. The van der Waals surface area contributed by atoms with E-state index < -0.39 is 5.97 Å². The molecule has 2 aromatic rings. The number of aromatic carboxylic acids is 1. The molecule has 0 atom stereocenters. The van der Waals surface area contributed by atoms with E-state index in [0.717, 1.165) is 17.7 Å². The Morgan fingerprint density at radius 3 is 2.65 bits per heavy atom. The molecule has 0 saturated heterocycles. The highest BCUT2D eigenvalue weighted by Gasteiger charge is 2.16. The number of aryl methyl sites for hydroxylation is 3. The summed E-state index contributed by atoms with van der Waals surface area (Å²) in [5.41, 5.74) is 4.00. The summed E-state index contributed by atoms with van der Waals surface area (Å²) in [4.78, 5) is 15.9. The molecular weight excluding hydrogens is 272 g/mol. The van der Waals surface area contributed by atoms with Crippen molar-refractivity contribution in [2.75, 3.05) is 5.32 Å². The number of benzene rings is 1. The highest BCUT2D eigenvalue weighted by molar-refractivity contribution is 7.17. The molecule has 5 heteroatoms. The second-order valence-corrected chi connectivity index (χ2v) is 5.54. The van der Waals surface area contributed by atoms with Crippen LogP contribution in [0.3, 0.4) is 0 Å². The molecule has 0 spiro atoms. The Kier molecular flexibility index (Phi) is 4.39. The van der Waals surface area contributed by atoms with Crippen molar-refractivity contribution in [1.29, 1.82) is 0 Å². The van der Waals surface area contributed by atoms with Crippen LogP contribution in [0.5, 0.6) is 0 Å². The minimum Gasteiger partial charge on any atom is -0.477 e. The minimum atomic E-state index is -0.909. The van der Waals surface area contributed by atoms with Gasteiger partial charge in [0.2, 0.25) is 0 Å². The zero-order valence-corrected chi connectivity index (χ0v) is 12.7. The van der Waals surface area contributed by atoms with E-state index in [1.165, 1.54) is 16.9 Å². The van der Waals surface area contributed by atoms with Gasteiger partial charge in [0.1, 0.15) is 4.88 Å². The second kappa shape index (κ2) is 6.05. The molecule has 0 aliphatic heterocycles. The predicted molar refractivity (Wildman–Crippen MR) is 82.3 cm³/mol. The fraction of sp³-hybridized carbons (Fsp3) is 0.333. The third-order valence-electron chi connectivity index (χ3n) is 3.20. The van der Waals surface area contributed by atoms with Crippen molar-refractivity contribution in [3.05, 3.63) is 39.9 Å². The van der Waals surface area contributed by atoms with E-state index in [4.69, 9.17) is 0 Å². The Balaban J connectivity index is 2.38. The second-order valence-electron chi connectivity index (χ2n) is 4.54. The first-order chi connectivity index (χ1) is 9.56. The van der Waals surface area contributed by atoms with Crippen molar-refractivity contribution in [2.45, 2.75) is 33.6 Å². The molecule has 0 saturated carbocycles. The third-order valence-corrected chi connectivity index (χ3v) is 4.20. The quantitative estimate of drug-likeness (QED) is 0.873. The van der Waals surface area contributed by atoms with Crippen LogP contribution < -0.4 is 5.32 Å². The van der Waals surface area contributed by atoms with Crippen LogP contribution in [0.15, 0.2) is 18.2 Å². The first-order valence-corrected chi connectivity index (χ1v) is 7.47. The van der Waals surface area contributed by atoms with Crippen LogP contribution in [0.2, 0.25) is 0 Å². The number of carboxylic acid groups (broad SMARTS) is 1. The molecular formula is C15H18N2O2S. The molecule has 2 N–H and O–H groups in total. The Labute approximate surface area is 122 Å². The summed E-state index contributed by atoms with van der Waals surface area (Å²) in [6, 6.07) is 6.14. The molecule has 0 unspecified atom stereocenters. The van der Waals surface area contributed by atoms with Crippen LogP contribution in [0, 0.1) is 6.92 Å². The summed E-state index contributed by atoms with van der Waals surface area (Å²) < 4.78 is 0. The van der Waals surface area contributed by atoms with Gasteiger partial charge in [-0.3, -0.25) is 0 Å². The van der Waals surface area contributed by atoms with E-state index in [9.17, 15) is 9.90 Å². The fourth-order valence-corrected chi connectivity index (χ4v) is 3.02. The van der Waals surface area contributed by atoms with Crippen molar-refractivity contribution in [2.24, 2.45) is 0 Å². The molecule has 0 radical (unpaired) electrons. The largest absolute Gasteiger partial charge is 0.477 e. The number of rotatable bonds is 5. The standard InChI is InChI=1S/C15H18N2O2S/c1-4-10-8-6-7-9(3)12(10)17-15-16-11(5-2)13(20-15)14(18)19/h6-8H,4-5H2,1-3H3,(H,16,17)(H,18,19). The number of hydrogen-bond donors (Lipinski definition) is 2. The molecule has 1 aromatic heterocycles. The van der Waals surface area contributed by atoms with Crippen molar-refractivity contribution in [3.8, 4) is 0 Å². The zero-order valence-electron chi connectivity index (χ0n) is 11.9. The topological polar surface area (TPSA) is 62.2 Å². The number of nitrogens with zero attached hydrogens (tertiary/aromatic N) is 1. The smallest absolute Gasteiger partial charge is 0.347 e. The first kappa shape index (κ1) is 14.5. The molecule has 2 rings (SSSR count). The number of carboxylic acids is 1. The molecule has 0 aliphatic rings. The normalized spacial score (nSPS) is 10.6. The van der Waals surface area contributed by atoms with Gasteiger partial charge >= 0.3 is 5.97 Å². The average Bonchev–Trinajstić information content (AvgIpc) is 2.84. The summed E-state index contributed by atoms with van der Waals surface area (Å²) in [5, 5.41) is 13.1. The van der Waals surface area contributed by atoms with Gasteiger partial charge in [0, 0.05) is 5.69 Å². The summed E-state index contributed by atoms with van der Waals surface area (Å²) in [7, 11) is 0. The van der Waals surface area contributed by atoms with Crippen LogP contribution in [0.25, 0.3) is 0 Å². The van der Waals surface area contributed by atoms with Gasteiger partial charge in [-0.2, -0.15) is 0 Å². The minimum absolute atomic E-state index is 0.321. The van der Waals surface area contributed by atoms with Crippen molar-refractivity contribution in [1.82, 2.24) is 4.98 Å². The Hall–Kier alpha value is -1.88. The summed E-state index contributed by atoms with van der Waals surface area (Å²) in [6.45, 7) is 6.05. The van der Waals surface area contributed by atoms with Crippen LogP contribution in [-0.4, -0.2) is 16.1 Å². The van der Waals surface area contributed by atoms with E-state index >= 15 is 0 Å².